The first-order valence-corrected chi connectivity index (χ1v) is 6.30. The van der Waals surface area contributed by atoms with Crippen LogP contribution in [0.4, 0.5) is 0 Å². The van der Waals surface area contributed by atoms with E-state index in [-0.39, 0.29) is 6.04 Å². The monoisotopic (exact) mass is 209 g/mol. The molecule has 0 spiro atoms. The highest BCUT2D eigenvalue weighted by Gasteiger charge is 2.07. The molecule has 0 aromatic heterocycles. The zero-order chi connectivity index (χ0) is 10.4. The SMILES string of the molecule is CCCSCC(N)c1ccccc1C. The van der Waals surface area contributed by atoms with E-state index in [4.69, 9.17) is 5.73 Å². The standard InChI is InChI=1S/C12H19NS/c1-3-8-14-9-12(13)11-7-5-4-6-10(11)2/h4-7,12H,3,8-9,13H2,1-2H3. The van der Waals surface area contributed by atoms with E-state index in [1.807, 2.05) is 11.8 Å². The summed E-state index contributed by atoms with van der Waals surface area (Å²) in [4.78, 5) is 0. The summed E-state index contributed by atoms with van der Waals surface area (Å²) in [6.45, 7) is 4.33. The topological polar surface area (TPSA) is 26.0 Å². The Morgan fingerprint density at radius 2 is 2.07 bits per heavy atom. The second kappa shape index (κ2) is 6.10. The number of rotatable bonds is 5. The van der Waals surface area contributed by atoms with Gasteiger partial charge in [-0.2, -0.15) is 11.8 Å². The molecule has 0 radical (unpaired) electrons. The van der Waals surface area contributed by atoms with Crippen molar-refractivity contribution in [3.8, 4) is 0 Å². The summed E-state index contributed by atoms with van der Waals surface area (Å²) >= 11 is 1.94. The number of benzene rings is 1. The number of nitrogens with two attached hydrogens (primary N) is 1. The molecule has 14 heavy (non-hydrogen) atoms. The molecule has 1 aromatic carbocycles. The van der Waals surface area contributed by atoms with E-state index in [0.717, 1.165) is 5.75 Å². The van der Waals surface area contributed by atoms with Crippen LogP contribution in [0.3, 0.4) is 0 Å². The molecular weight excluding hydrogens is 190 g/mol. The Labute approximate surface area is 91.1 Å². The van der Waals surface area contributed by atoms with Crippen molar-refractivity contribution in [1.82, 2.24) is 0 Å². The van der Waals surface area contributed by atoms with Gasteiger partial charge in [0.15, 0.2) is 0 Å². The second-order valence-corrected chi connectivity index (χ2v) is 4.69. The van der Waals surface area contributed by atoms with Gasteiger partial charge in [-0.05, 0) is 30.2 Å². The summed E-state index contributed by atoms with van der Waals surface area (Å²) in [5, 5.41) is 0. The molecule has 1 aromatic rings. The molecule has 0 aliphatic rings. The Bertz CT molecular complexity index is 273. The molecule has 2 heteroatoms. The maximum atomic E-state index is 6.12. The van der Waals surface area contributed by atoms with Gasteiger partial charge in [0.1, 0.15) is 0 Å². The summed E-state index contributed by atoms with van der Waals surface area (Å²) in [6, 6.07) is 8.57. The van der Waals surface area contributed by atoms with Crippen LogP contribution in [0, 0.1) is 6.92 Å². The molecule has 0 heterocycles. The van der Waals surface area contributed by atoms with Crippen molar-refractivity contribution in [2.45, 2.75) is 26.3 Å². The first kappa shape index (κ1) is 11.6. The van der Waals surface area contributed by atoms with Gasteiger partial charge in [-0.1, -0.05) is 31.2 Å². The third-order valence-corrected chi connectivity index (χ3v) is 3.53. The molecule has 0 bridgehead atoms. The molecule has 0 aliphatic heterocycles. The number of hydrogen-bond donors (Lipinski definition) is 1. The quantitative estimate of drug-likeness (QED) is 0.754. The molecule has 1 nitrogen and oxygen atoms in total. The van der Waals surface area contributed by atoms with Gasteiger partial charge in [0.05, 0.1) is 0 Å². The predicted molar refractivity (Wildman–Crippen MR) is 65.7 cm³/mol. The average molecular weight is 209 g/mol. The van der Waals surface area contributed by atoms with E-state index in [1.54, 1.807) is 0 Å². The molecule has 1 unspecified atom stereocenters. The molecule has 0 saturated carbocycles. The first-order chi connectivity index (χ1) is 6.75. The van der Waals surface area contributed by atoms with E-state index in [9.17, 15) is 0 Å². The molecule has 0 aliphatic carbocycles. The van der Waals surface area contributed by atoms with Crippen LogP contribution >= 0.6 is 11.8 Å². The smallest absolute Gasteiger partial charge is 0.0389 e. The van der Waals surface area contributed by atoms with Gasteiger partial charge in [0, 0.05) is 11.8 Å². The van der Waals surface area contributed by atoms with Crippen LogP contribution in [0.15, 0.2) is 24.3 Å². The molecule has 0 amide bonds. The number of hydrogen-bond acceptors (Lipinski definition) is 2. The van der Waals surface area contributed by atoms with Crippen LogP contribution in [0.2, 0.25) is 0 Å². The van der Waals surface area contributed by atoms with E-state index in [2.05, 4.69) is 38.1 Å². The van der Waals surface area contributed by atoms with Crippen LogP contribution in [0.25, 0.3) is 0 Å². The summed E-state index contributed by atoms with van der Waals surface area (Å²) in [7, 11) is 0. The minimum Gasteiger partial charge on any atom is -0.323 e. The van der Waals surface area contributed by atoms with E-state index in [0.29, 0.717) is 0 Å². The van der Waals surface area contributed by atoms with Gasteiger partial charge in [0.25, 0.3) is 0 Å². The van der Waals surface area contributed by atoms with Crippen molar-refractivity contribution >= 4 is 11.8 Å². The Kier molecular flexibility index (Phi) is 5.05. The largest absolute Gasteiger partial charge is 0.323 e. The van der Waals surface area contributed by atoms with Gasteiger partial charge >= 0.3 is 0 Å². The van der Waals surface area contributed by atoms with Crippen molar-refractivity contribution in [3.63, 3.8) is 0 Å². The van der Waals surface area contributed by atoms with Crippen molar-refractivity contribution in [2.24, 2.45) is 5.73 Å². The fourth-order valence-electron chi connectivity index (χ4n) is 1.45. The van der Waals surface area contributed by atoms with E-state index < -0.39 is 0 Å². The van der Waals surface area contributed by atoms with Crippen molar-refractivity contribution in [2.75, 3.05) is 11.5 Å². The lowest BCUT2D eigenvalue weighted by molar-refractivity contribution is 0.822. The van der Waals surface area contributed by atoms with Gasteiger partial charge in [-0.15, -0.1) is 0 Å². The van der Waals surface area contributed by atoms with Gasteiger partial charge in [-0.3, -0.25) is 0 Å². The maximum Gasteiger partial charge on any atom is 0.0389 e. The van der Waals surface area contributed by atoms with Crippen LogP contribution in [-0.2, 0) is 0 Å². The minimum absolute atomic E-state index is 0.188. The van der Waals surface area contributed by atoms with Crippen molar-refractivity contribution < 1.29 is 0 Å². The normalized spacial score (nSPS) is 12.8. The lowest BCUT2D eigenvalue weighted by Gasteiger charge is -2.13. The van der Waals surface area contributed by atoms with Crippen LogP contribution in [0.1, 0.15) is 30.5 Å². The number of thioether (sulfide) groups is 1. The Morgan fingerprint density at radius 3 is 2.71 bits per heavy atom. The first-order valence-electron chi connectivity index (χ1n) is 5.14. The molecule has 0 saturated heterocycles. The fraction of sp³-hybridized carbons (Fsp3) is 0.500. The minimum atomic E-state index is 0.188. The number of aryl methyl sites for hydroxylation is 1. The van der Waals surface area contributed by atoms with Crippen molar-refractivity contribution in [3.05, 3.63) is 35.4 Å². The highest BCUT2D eigenvalue weighted by molar-refractivity contribution is 7.99. The summed E-state index contributed by atoms with van der Waals surface area (Å²) in [5.74, 6) is 2.23. The Morgan fingerprint density at radius 1 is 1.36 bits per heavy atom. The molecule has 78 valence electrons. The zero-order valence-electron chi connectivity index (χ0n) is 8.99. The third kappa shape index (κ3) is 3.35. The summed E-state index contributed by atoms with van der Waals surface area (Å²) in [5.41, 5.74) is 8.71. The predicted octanol–water partition coefficient (Wildman–Crippen LogP) is 3.14. The second-order valence-electron chi connectivity index (χ2n) is 3.54. The molecule has 1 atom stereocenters. The third-order valence-electron chi connectivity index (χ3n) is 2.23. The van der Waals surface area contributed by atoms with Crippen LogP contribution < -0.4 is 5.73 Å². The highest BCUT2D eigenvalue weighted by atomic mass is 32.2. The Hall–Kier alpha value is -0.470. The van der Waals surface area contributed by atoms with Crippen molar-refractivity contribution in [1.29, 1.82) is 0 Å². The van der Waals surface area contributed by atoms with E-state index >= 15 is 0 Å². The van der Waals surface area contributed by atoms with Gasteiger partial charge in [0.2, 0.25) is 0 Å². The average Bonchev–Trinajstić information content (AvgIpc) is 2.18. The Balaban J connectivity index is 2.51. The zero-order valence-corrected chi connectivity index (χ0v) is 9.81. The van der Waals surface area contributed by atoms with Crippen LogP contribution in [-0.4, -0.2) is 11.5 Å². The molecule has 2 N–H and O–H groups in total. The highest BCUT2D eigenvalue weighted by Crippen LogP contribution is 2.19. The van der Waals surface area contributed by atoms with E-state index in [1.165, 1.54) is 23.3 Å². The fourth-order valence-corrected chi connectivity index (χ4v) is 2.34. The lowest BCUT2D eigenvalue weighted by atomic mass is 10.0. The molecule has 1 rings (SSSR count). The van der Waals surface area contributed by atoms with Gasteiger partial charge in [-0.25, -0.2) is 0 Å². The van der Waals surface area contributed by atoms with Gasteiger partial charge < -0.3 is 5.73 Å². The molecular formula is C12H19NS. The lowest BCUT2D eigenvalue weighted by Crippen LogP contribution is -2.14. The summed E-state index contributed by atoms with van der Waals surface area (Å²) in [6.07, 6.45) is 1.23. The molecule has 0 fully saturated rings. The summed E-state index contributed by atoms with van der Waals surface area (Å²) < 4.78 is 0. The maximum absolute atomic E-state index is 6.12. The van der Waals surface area contributed by atoms with Crippen LogP contribution in [0.5, 0.6) is 0 Å².